The normalized spacial score (nSPS) is 12.9. The van der Waals surface area contributed by atoms with Gasteiger partial charge in [0.2, 0.25) is 0 Å². The van der Waals surface area contributed by atoms with E-state index in [4.69, 9.17) is 11.6 Å². The van der Waals surface area contributed by atoms with Crippen molar-refractivity contribution in [3.8, 4) is 0 Å². The minimum atomic E-state index is 0.348. The van der Waals surface area contributed by atoms with E-state index in [0.717, 1.165) is 23.7 Å². The van der Waals surface area contributed by atoms with Gasteiger partial charge in [-0.1, -0.05) is 36.7 Å². The summed E-state index contributed by atoms with van der Waals surface area (Å²) < 4.78 is 2.23. The number of rotatable bonds is 6. The van der Waals surface area contributed by atoms with E-state index in [-0.39, 0.29) is 0 Å². The van der Waals surface area contributed by atoms with Gasteiger partial charge in [0.05, 0.1) is 4.34 Å². The Kier molecular flexibility index (Phi) is 4.96. The van der Waals surface area contributed by atoms with Crippen LogP contribution < -0.4 is 5.32 Å². The van der Waals surface area contributed by atoms with Gasteiger partial charge in [-0.25, -0.2) is 0 Å². The molecule has 3 rings (SSSR count). The maximum absolute atomic E-state index is 6.11. The Morgan fingerprint density at radius 2 is 2.05 bits per heavy atom. The van der Waals surface area contributed by atoms with Crippen LogP contribution in [0.15, 0.2) is 41.8 Å². The second kappa shape index (κ2) is 6.93. The molecular formula is C17H18ClNS2. The first-order chi connectivity index (χ1) is 10.3. The number of nitrogens with one attached hydrogen (secondary N) is 1. The van der Waals surface area contributed by atoms with Crippen molar-refractivity contribution in [2.24, 2.45) is 0 Å². The molecule has 0 aliphatic carbocycles. The SMILES string of the molecule is CCCNC(Cc1csc2ccccc12)c1ccc(Cl)s1. The van der Waals surface area contributed by atoms with Crippen LogP contribution in [-0.4, -0.2) is 6.54 Å². The molecular weight excluding hydrogens is 318 g/mol. The van der Waals surface area contributed by atoms with Crippen molar-refractivity contribution in [2.75, 3.05) is 6.54 Å². The van der Waals surface area contributed by atoms with Crippen LogP contribution in [0, 0.1) is 0 Å². The second-order valence-corrected chi connectivity index (χ2v) is 7.77. The molecule has 0 fully saturated rings. The van der Waals surface area contributed by atoms with Crippen LogP contribution in [0.4, 0.5) is 0 Å². The van der Waals surface area contributed by atoms with Crippen LogP contribution in [-0.2, 0) is 6.42 Å². The molecule has 2 aromatic heterocycles. The molecule has 1 N–H and O–H groups in total. The number of benzene rings is 1. The number of hydrogen-bond donors (Lipinski definition) is 1. The summed E-state index contributed by atoms with van der Waals surface area (Å²) in [5.41, 5.74) is 1.42. The summed E-state index contributed by atoms with van der Waals surface area (Å²) in [6, 6.07) is 13.1. The van der Waals surface area contributed by atoms with Crippen molar-refractivity contribution >= 4 is 44.4 Å². The summed E-state index contributed by atoms with van der Waals surface area (Å²) in [4.78, 5) is 1.32. The van der Waals surface area contributed by atoms with Crippen LogP contribution in [0.2, 0.25) is 4.34 Å². The molecule has 110 valence electrons. The first-order valence-corrected chi connectivity index (χ1v) is 9.29. The van der Waals surface area contributed by atoms with Crippen molar-refractivity contribution in [3.05, 3.63) is 56.6 Å². The number of hydrogen-bond acceptors (Lipinski definition) is 3. The maximum atomic E-state index is 6.11. The second-order valence-electron chi connectivity index (χ2n) is 5.11. The zero-order valence-electron chi connectivity index (χ0n) is 11.9. The van der Waals surface area contributed by atoms with Gasteiger partial charge < -0.3 is 5.32 Å². The summed E-state index contributed by atoms with van der Waals surface area (Å²) >= 11 is 9.62. The molecule has 21 heavy (non-hydrogen) atoms. The van der Waals surface area contributed by atoms with Crippen LogP contribution >= 0.6 is 34.3 Å². The average Bonchev–Trinajstić information content (AvgIpc) is 3.10. The third-order valence-corrected chi connectivity index (χ3v) is 5.92. The largest absolute Gasteiger partial charge is 0.309 e. The van der Waals surface area contributed by atoms with E-state index in [1.54, 1.807) is 11.3 Å². The van der Waals surface area contributed by atoms with Gasteiger partial charge >= 0.3 is 0 Å². The molecule has 1 atom stereocenters. The van der Waals surface area contributed by atoms with E-state index >= 15 is 0 Å². The van der Waals surface area contributed by atoms with Crippen molar-refractivity contribution in [1.29, 1.82) is 0 Å². The highest BCUT2D eigenvalue weighted by Gasteiger charge is 2.16. The van der Waals surface area contributed by atoms with E-state index in [0.29, 0.717) is 6.04 Å². The summed E-state index contributed by atoms with van der Waals surface area (Å²) in [5.74, 6) is 0. The molecule has 0 saturated carbocycles. The smallest absolute Gasteiger partial charge is 0.0931 e. The summed E-state index contributed by atoms with van der Waals surface area (Å²) in [6.07, 6.45) is 2.15. The lowest BCUT2D eigenvalue weighted by molar-refractivity contribution is 0.538. The molecule has 4 heteroatoms. The lowest BCUT2D eigenvalue weighted by atomic mass is 10.0. The maximum Gasteiger partial charge on any atom is 0.0931 e. The summed E-state index contributed by atoms with van der Waals surface area (Å²) in [7, 11) is 0. The van der Waals surface area contributed by atoms with Gasteiger partial charge in [-0.2, -0.15) is 0 Å². The fourth-order valence-electron chi connectivity index (χ4n) is 2.52. The van der Waals surface area contributed by atoms with Crippen LogP contribution in [0.3, 0.4) is 0 Å². The summed E-state index contributed by atoms with van der Waals surface area (Å²) in [5, 5.41) is 7.33. The molecule has 1 unspecified atom stereocenters. The minimum Gasteiger partial charge on any atom is -0.309 e. The molecule has 0 aliphatic heterocycles. The highest BCUT2D eigenvalue weighted by atomic mass is 35.5. The van der Waals surface area contributed by atoms with E-state index < -0.39 is 0 Å². The molecule has 1 aromatic carbocycles. The highest BCUT2D eigenvalue weighted by Crippen LogP contribution is 2.33. The molecule has 0 spiro atoms. The molecule has 1 nitrogen and oxygen atoms in total. The minimum absolute atomic E-state index is 0.348. The van der Waals surface area contributed by atoms with Crippen molar-refractivity contribution in [1.82, 2.24) is 5.32 Å². The first kappa shape index (κ1) is 15.0. The number of thiophene rings is 2. The monoisotopic (exact) mass is 335 g/mol. The summed E-state index contributed by atoms with van der Waals surface area (Å²) in [6.45, 7) is 3.23. The fraction of sp³-hybridized carbons (Fsp3) is 0.294. The van der Waals surface area contributed by atoms with Gasteiger partial charge in [-0.3, -0.25) is 0 Å². The molecule has 0 bridgehead atoms. The van der Waals surface area contributed by atoms with Crippen molar-refractivity contribution < 1.29 is 0 Å². The van der Waals surface area contributed by atoms with Gasteiger partial charge in [-0.15, -0.1) is 22.7 Å². The van der Waals surface area contributed by atoms with Crippen molar-refractivity contribution in [2.45, 2.75) is 25.8 Å². The van der Waals surface area contributed by atoms with Crippen LogP contribution in [0.1, 0.15) is 29.8 Å². The Labute approximate surface area is 138 Å². The van der Waals surface area contributed by atoms with Gasteiger partial charge in [0, 0.05) is 15.6 Å². The zero-order valence-corrected chi connectivity index (χ0v) is 14.3. The number of halogens is 1. The zero-order chi connectivity index (χ0) is 14.7. The van der Waals surface area contributed by atoms with Gasteiger partial charge in [-0.05, 0) is 53.9 Å². The first-order valence-electron chi connectivity index (χ1n) is 7.21. The molecule has 0 aliphatic rings. The highest BCUT2D eigenvalue weighted by molar-refractivity contribution is 7.17. The van der Waals surface area contributed by atoms with Gasteiger partial charge in [0.1, 0.15) is 0 Å². The Morgan fingerprint density at radius 3 is 2.81 bits per heavy atom. The number of fused-ring (bicyclic) bond motifs is 1. The van der Waals surface area contributed by atoms with E-state index in [1.165, 1.54) is 20.5 Å². The van der Waals surface area contributed by atoms with E-state index in [1.807, 2.05) is 17.4 Å². The third-order valence-electron chi connectivity index (χ3n) is 3.56. The lowest BCUT2D eigenvalue weighted by Gasteiger charge is -2.17. The van der Waals surface area contributed by atoms with E-state index in [2.05, 4.69) is 48.0 Å². The topological polar surface area (TPSA) is 12.0 Å². The van der Waals surface area contributed by atoms with Gasteiger partial charge in [0.25, 0.3) is 0 Å². The quantitative estimate of drug-likeness (QED) is 0.591. The van der Waals surface area contributed by atoms with Crippen LogP contribution in [0.5, 0.6) is 0 Å². The molecule has 2 heterocycles. The lowest BCUT2D eigenvalue weighted by Crippen LogP contribution is -2.23. The Morgan fingerprint density at radius 1 is 1.19 bits per heavy atom. The van der Waals surface area contributed by atoms with Crippen LogP contribution in [0.25, 0.3) is 10.1 Å². The Balaban J connectivity index is 1.87. The molecule has 0 radical (unpaired) electrons. The average molecular weight is 336 g/mol. The van der Waals surface area contributed by atoms with Crippen molar-refractivity contribution in [3.63, 3.8) is 0 Å². The fourth-order valence-corrected chi connectivity index (χ4v) is 4.63. The molecule has 0 saturated heterocycles. The predicted octanol–water partition coefficient (Wildman–Crippen LogP) is 5.90. The third kappa shape index (κ3) is 3.49. The Hall–Kier alpha value is -0.870. The molecule has 0 amide bonds. The van der Waals surface area contributed by atoms with E-state index in [9.17, 15) is 0 Å². The van der Waals surface area contributed by atoms with Gasteiger partial charge in [0.15, 0.2) is 0 Å². The molecule has 3 aromatic rings. The predicted molar refractivity (Wildman–Crippen MR) is 95.9 cm³/mol. The standard InChI is InChI=1S/C17H18ClNS2/c1-2-9-19-14(16-7-8-17(18)21-16)10-12-11-20-15-6-4-3-5-13(12)15/h3-8,11,14,19H,2,9-10H2,1H3. The Bertz CT molecular complexity index is 716.